The minimum atomic E-state index is -0.401. The Kier molecular flexibility index (Phi) is 7.82. The van der Waals surface area contributed by atoms with Gasteiger partial charge in [-0.2, -0.15) is 0 Å². The first kappa shape index (κ1) is 25.2. The number of amides is 1. The number of pyridine rings is 2. The lowest BCUT2D eigenvalue weighted by Crippen LogP contribution is -2.43. The van der Waals surface area contributed by atoms with Gasteiger partial charge in [0, 0.05) is 24.3 Å². The standard InChI is InChI=1S/C23H25N5O2S.2ClH/c1-22(15-26-20-27-18(14-31-20)17-6-2-4-12-24-17)8-10-23(11-9-22)16-28(21(29)30-23)19-7-3-5-13-25-19;;/h2-7,12-14H,8-11,15-16H2,1H3,(H,26,27);2*1H. The number of anilines is 2. The molecule has 0 unspecified atom stereocenters. The van der Waals surface area contributed by atoms with E-state index in [2.05, 4.69) is 27.2 Å². The van der Waals surface area contributed by atoms with E-state index in [4.69, 9.17) is 4.74 Å². The minimum Gasteiger partial charge on any atom is -0.441 e. The zero-order valence-electron chi connectivity index (χ0n) is 18.3. The first-order valence-corrected chi connectivity index (χ1v) is 11.4. The van der Waals surface area contributed by atoms with Gasteiger partial charge in [-0.1, -0.05) is 19.1 Å². The number of carbonyl (C=O) groups excluding carboxylic acids is 1. The van der Waals surface area contributed by atoms with Crippen LogP contribution in [0.15, 0.2) is 54.2 Å². The maximum atomic E-state index is 12.5. The molecule has 1 aliphatic heterocycles. The van der Waals surface area contributed by atoms with E-state index in [9.17, 15) is 4.79 Å². The normalized spacial score (nSPS) is 24.0. The fraction of sp³-hybridized carbons (Fsp3) is 0.391. The fourth-order valence-electron chi connectivity index (χ4n) is 4.34. The van der Waals surface area contributed by atoms with Crippen LogP contribution in [0.4, 0.5) is 15.7 Å². The monoisotopic (exact) mass is 507 g/mol. The zero-order chi connectivity index (χ0) is 21.3. The van der Waals surface area contributed by atoms with Crippen LogP contribution in [0, 0.1) is 5.41 Å². The van der Waals surface area contributed by atoms with E-state index in [1.807, 2.05) is 41.8 Å². The van der Waals surface area contributed by atoms with Crippen LogP contribution >= 0.6 is 36.2 Å². The molecule has 10 heteroatoms. The molecular weight excluding hydrogens is 481 g/mol. The van der Waals surface area contributed by atoms with Crippen molar-refractivity contribution in [3.63, 3.8) is 0 Å². The summed E-state index contributed by atoms with van der Waals surface area (Å²) in [5.41, 5.74) is 1.51. The number of rotatable bonds is 5. The van der Waals surface area contributed by atoms with Gasteiger partial charge in [0.25, 0.3) is 0 Å². The van der Waals surface area contributed by atoms with Crippen LogP contribution in [0.1, 0.15) is 32.6 Å². The molecule has 0 aromatic carbocycles. The van der Waals surface area contributed by atoms with Gasteiger partial charge in [-0.15, -0.1) is 36.2 Å². The second kappa shape index (κ2) is 10.2. The molecule has 1 saturated heterocycles. The van der Waals surface area contributed by atoms with Gasteiger partial charge < -0.3 is 10.1 Å². The number of nitrogens with zero attached hydrogens (tertiary/aromatic N) is 4. The predicted octanol–water partition coefficient (Wildman–Crippen LogP) is 5.83. The number of aromatic nitrogens is 3. The highest BCUT2D eigenvalue weighted by molar-refractivity contribution is 7.14. The number of thiazole rings is 1. The van der Waals surface area contributed by atoms with Crippen molar-refractivity contribution >= 4 is 53.2 Å². The van der Waals surface area contributed by atoms with E-state index in [-0.39, 0.29) is 36.3 Å². The third-order valence-electron chi connectivity index (χ3n) is 6.36. The van der Waals surface area contributed by atoms with Crippen molar-refractivity contribution in [1.29, 1.82) is 0 Å². The molecule has 3 aromatic rings. The molecule has 4 heterocycles. The van der Waals surface area contributed by atoms with Gasteiger partial charge in [-0.25, -0.2) is 14.8 Å². The topological polar surface area (TPSA) is 80.2 Å². The molecule has 2 aliphatic rings. The Morgan fingerprint density at radius 1 is 1.03 bits per heavy atom. The first-order chi connectivity index (χ1) is 15.0. The lowest BCUT2D eigenvalue weighted by Gasteiger charge is -2.41. The Morgan fingerprint density at radius 3 is 2.42 bits per heavy atom. The van der Waals surface area contributed by atoms with Crippen molar-refractivity contribution < 1.29 is 9.53 Å². The maximum Gasteiger partial charge on any atom is 0.416 e. The minimum absolute atomic E-state index is 0. The van der Waals surface area contributed by atoms with E-state index in [1.54, 1.807) is 28.6 Å². The van der Waals surface area contributed by atoms with E-state index < -0.39 is 5.60 Å². The summed E-state index contributed by atoms with van der Waals surface area (Å²) in [6.45, 7) is 3.72. The average molecular weight is 508 g/mol. The summed E-state index contributed by atoms with van der Waals surface area (Å²) in [5.74, 6) is 0.659. The van der Waals surface area contributed by atoms with Crippen LogP contribution in [0.2, 0.25) is 0 Å². The third kappa shape index (κ3) is 5.39. The molecule has 1 saturated carbocycles. The molecular formula is C23H27Cl2N5O2S. The Labute approximate surface area is 209 Å². The predicted molar refractivity (Wildman–Crippen MR) is 136 cm³/mol. The Bertz CT molecular complexity index is 1060. The number of hydrogen-bond donors (Lipinski definition) is 1. The molecule has 1 amide bonds. The highest BCUT2D eigenvalue weighted by Crippen LogP contribution is 2.45. The number of nitrogens with one attached hydrogen (secondary N) is 1. The maximum absolute atomic E-state index is 12.5. The summed E-state index contributed by atoms with van der Waals surface area (Å²) < 4.78 is 5.87. The van der Waals surface area contributed by atoms with Gasteiger partial charge >= 0.3 is 6.09 Å². The van der Waals surface area contributed by atoms with Crippen molar-refractivity contribution in [2.45, 2.75) is 38.2 Å². The summed E-state index contributed by atoms with van der Waals surface area (Å²) in [4.78, 5) is 27.5. The van der Waals surface area contributed by atoms with Crippen LogP contribution in [0.25, 0.3) is 11.4 Å². The van der Waals surface area contributed by atoms with E-state index in [0.717, 1.165) is 48.7 Å². The number of halogens is 2. The zero-order valence-corrected chi connectivity index (χ0v) is 20.7. The quantitative estimate of drug-likeness (QED) is 0.467. The average Bonchev–Trinajstić information content (AvgIpc) is 3.41. The molecule has 1 aliphatic carbocycles. The van der Waals surface area contributed by atoms with Crippen LogP contribution in [0.3, 0.4) is 0 Å². The molecule has 5 rings (SSSR count). The second-order valence-corrected chi connectivity index (χ2v) is 9.60. The smallest absolute Gasteiger partial charge is 0.416 e. The fourth-order valence-corrected chi connectivity index (χ4v) is 5.04. The molecule has 1 spiro atoms. The second-order valence-electron chi connectivity index (χ2n) is 8.74. The van der Waals surface area contributed by atoms with Crippen molar-refractivity contribution in [3.8, 4) is 11.4 Å². The van der Waals surface area contributed by atoms with Crippen LogP contribution in [-0.2, 0) is 4.74 Å². The molecule has 0 bridgehead atoms. The lowest BCUT2D eigenvalue weighted by atomic mass is 9.69. The molecule has 0 radical (unpaired) electrons. The largest absolute Gasteiger partial charge is 0.441 e. The number of hydrogen-bond acceptors (Lipinski definition) is 7. The van der Waals surface area contributed by atoms with Crippen molar-refractivity contribution in [3.05, 3.63) is 54.2 Å². The van der Waals surface area contributed by atoms with E-state index in [0.29, 0.717) is 12.4 Å². The first-order valence-electron chi connectivity index (χ1n) is 10.6. The molecule has 1 N–H and O–H groups in total. The molecule has 3 aromatic heterocycles. The van der Waals surface area contributed by atoms with Gasteiger partial charge in [0.15, 0.2) is 5.13 Å². The SMILES string of the molecule is CC1(CNc2nc(-c3ccccn3)cs2)CCC2(CC1)CN(c1ccccn1)C(=O)O2.Cl.Cl. The van der Waals surface area contributed by atoms with Gasteiger partial charge in [-0.05, 0) is 55.4 Å². The summed E-state index contributed by atoms with van der Waals surface area (Å²) >= 11 is 1.60. The Hall–Kier alpha value is -2.42. The van der Waals surface area contributed by atoms with Gasteiger partial charge in [0.2, 0.25) is 0 Å². The van der Waals surface area contributed by atoms with E-state index >= 15 is 0 Å². The highest BCUT2D eigenvalue weighted by Gasteiger charge is 2.50. The summed E-state index contributed by atoms with van der Waals surface area (Å²) in [5, 5.41) is 6.47. The number of carbonyl (C=O) groups is 1. The molecule has 2 fully saturated rings. The van der Waals surface area contributed by atoms with Gasteiger partial charge in [0.1, 0.15) is 17.1 Å². The Balaban J connectivity index is 0.00000153. The number of ether oxygens (including phenoxy) is 1. The van der Waals surface area contributed by atoms with Crippen molar-refractivity contribution in [2.24, 2.45) is 5.41 Å². The summed E-state index contributed by atoms with van der Waals surface area (Å²) in [7, 11) is 0. The Morgan fingerprint density at radius 2 is 1.76 bits per heavy atom. The lowest BCUT2D eigenvalue weighted by molar-refractivity contribution is -0.00435. The summed E-state index contributed by atoms with van der Waals surface area (Å²) in [6, 6.07) is 11.4. The molecule has 33 heavy (non-hydrogen) atoms. The van der Waals surface area contributed by atoms with Crippen LogP contribution in [0.5, 0.6) is 0 Å². The summed E-state index contributed by atoms with van der Waals surface area (Å²) in [6.07, 6.45) is 6.89. The van der Waals surface area contributed by atoms with Crippen LogP contribution in [-0.4, -0.2) is 39.7 Å². The van der Waals surface area contributed by atoms with Crippen molar-refractivity contribution in [2.75, 3.05) is 23.3 Å². The third-order valence-corrected chi connectivity index (χ3v) is 7.16. The molecule has 176 valence electrons. The highest BCUT2D eigenvalue weighted by atomic mass is 35.5. The van der Waals surface area contributed by atoms with Gasteiger partial charge in [-0.3, -0.25) is 9.88 Å². The van der Waals surface area contributed by atoms with Crippen molar-refractivity contribution in [1.82, 2.24) is 15.0 Å². The van der Waals surface area contributed by atoms with Gasteiger partial charge in [0.05, 0.1) is 12.2 Å². The van der Waals surface area contributed by atoms with Crippen LogP contribution < -0.4 is 10.2 Å². The van der Waals surface area contributed by atoms with E-state index in [1.165, 1.54) is 0 Å². The molecule has 0 atom stereocenters. The molecule has 7 nitrogen and oxygen atoms in total.